The first-order chi connectivity index (χ1) is 8.33. The van der Waals surface area contributed by atoms with E-state index < -0.39 is 0 Å². The first-order valence-electron chi connectivity index (χ1n) is 6.12. The van der Waals surface area contributed by atoms with Crippen LogP contribution in [-0.2, 0) is 0 Å². The first-order valence-corrected chi connectivity index (χ1v) is 6.65. The van der Waals surface area contributed by atoms with Crippen LogP contribution in [0.5, 0.6) is 5.75 Å². The average Bonchev–Trinajstić information content (AvgIpc) is 3.16. The number of benzene rings is 1. The smallest absolute Gasteiger partial charge is 0.119 e. The zero-order valence-electron chi connectivity index (χ0n) is 9.86. The number of nitrogens with one attached hydrogen (secondary N) is 1. The summed E-state index contributed by atoms with van der Waals surface area (Å²) in [6.45, 7) is 0. The van der Waals surface area contributed by atoms with E-state index in [1.807, 2.05) is 12.1 Å². The van der Waals surface area contributed by atoms with Gasteiger partial charge in [0.1, 0.15) is 5.75 Å². The molecule has 4 heteroatoms. The maximum absolute atomic E-state index is 5.70. The van der Waals surface area contributed by atoms with E-state index in [1.54, 1.807) is 0 Å². The van der Waals surface area contributed by atoms with Gasteiger partial charge in [-0.1, -0.05) is 12.1 Å². The van der Waals surface area contributed by atoms with E-state index in [-0.39, 0.29) is 6.04 Å². The molecule has 3 nitrogen and oxygen atoms in total. The Balaban J connectivity index is 1.93. The third-order valence-electron chi connectivity index (χ3n) is 2.94. The van der Waals surface area contributed by atoms with Crippen molar-refractivity contribution in [3.63, 3.8) is 0 Å². The van der Waals surface area contributed by atoms with E-state index in [4.69, 9.17) is 22.2 Å². The predicted molar refractivity (Wildman–Crippen MR) is 70.1 cm³/mol. The molecular formula is C13H19ClN2O. The summed E-state index contributed by atoms with van der Waals surface area (Å²) in [7, 11) is 0. The van der Waals surface area contributed by atoms with E-state index in [0.717, 1.165) is 18.6 Å². The van der Waals surface area contributed by atoms with Gasteiger partial charge in [0.05, 0.1) is 6.10 Å². The van der Waals surface area contributed by atoms with Gasteiger partial charge in [0, 0.05) is 11.9 Å². The molecular weight excluding hydrogens is 236 g/mol. The minimum absolute atomic E-state index is 0.170. The van der Waals surface area contributed by atoms with E-state index in [1.165, 1.54) is 18.4 Å². The van der Waals surface area contributed by atoms with Gasteiger partial charge in [-0.15, -0.1) is 11.6 Å². The molecule has 0 bridgehead atoms. The molecule has 0 heterocycles. The SMILES string of the molecule is NNC(CCCCl)c1ccc(OC2CC2)cc1. The highest BCUT2D eigenvalue weighted by atomic mass is 35.5. The number of ether oxygens (including phenoxy) is 1. The van der Waals surface area contributed by atoms with Crippen LogP contribution < -0.4 is 16.0 Å². The summed E-state index contributed by atoms with van der Waals surface area (Å²) in [6.07, 6.45) is 4.72. The summed E-state index contributed by atoms with van der Waals surface area (Å²) in [5, 5.41) is 0. The average molecular weight is 255 g/mol. The van der Waals surface area contributed by atoms with Gasteiger partial charge in [-0.05, 0) is 43.4 Å². The number of hydrogen-bond donors (Lipinski definition) is 2. The minimum atomic E-state index is 0.170. The topological polar surface area (TPSA) is 47.3 Å². The Morgan fingerprint density at radius 2 is 2.06 bits per heavy atom. The summed E-state index contributed by atoms with van der Waals surface area (Å²) in [6, 6.07) is 8.33. The predicted octanol–water partition coefficient (Wildman–Crippen LogP) is 2.75. The van der Waals surface area contributed by atoms with Gasteiger partial charge < -0.3 is 4.74 Å². The van der Waals surface area contributed by atoms with Crippen LogP contribution in [0.2, 0.25) is 0 Å². The molecule has 0 saturated heterocycles. The van der Waals surface area contributed by atoms with Crippen LogP contribution in [0.4, 0.5) is 0 Å². The molecule has 1 unspecified atom stereocenters. The molecule has 2 rings (SSSR count). The Labute approximate surface area is 107 Å². The van der Waals surface area contributed by atoms with Crippen molar-refractivity contribution >= 4 is 11.6 Å². The Morgan fingerprint density at radius 3 is 2.59 bits per heavy atom. The van der Waals surface area contributed by atoms with Crippen molar-refractivity contribution in [3.05, 3.63) is 29.8 Å². The second kappa shape index (κ2) is 6.24. The van der Waals surface area contributed by atoms with Crippen LogP contribution in [0.25, 0.3) is 0 Å². The van der Waals surface area contributed by atoms with Crippen LogP contribution in [0, 0.1) is 0 Å². The lowest BCUT2D eigenvalue weighted by Gasteiger charge is -2.16. The second-order valence-corrected chi connectivity index (χ2v) is 4.81. The standard InChI is InChI=1S/C13H19ClN2O/c14-9-1-2-13(16-15)10-3-5-11(6-4-10)17-12-7-8-12/h3-6,12-13,16H,1-2,7-9,15H2. The lowest BCUT2D eigenvalue weighted by atomic mass is 10.0. The van der Waals surface area contributed by atoms with Gasteiger partial charge in [-0.2, -0.15) is 0 Å². The van der Waals surface area contributed by atoms with E-state index >= 15 is 0 Å². The highest BCUT2D eigenvalue weighted by molar-refractivity contribution is 6.17. The van der Waals surface area contributed by atoms with Crippen molar-refractivity contribution in [2.75, 3.05) is 5.88 Å². The Bertz CT molecular complexity index is 338. The van der Waals surface area contributed by atoms with E-state index in [0.29, 0.717) is 12.0 Å². The molecule has 0 radical (unpaired) electrons. The number of alkyl halides is 1. The number of halogens is 1. The van der Waals surface area contributed by atoms with Crippen molar-refractivity contribution in [2.24, 2.45) is 5.84 Å². The monoisotopic (exact) mass is 254 g/mol. The highest BCUT2D eigenvalue weighted by Gasteiger charge is 2.23. The van der Waals surface area contributed by atoms with Gasteiger partial charge in [0.25, 0.3) is 0 Å². The molecule has 17 heavy (non-hydrogen) atoms. The van der Waals surface area contributed by atoms with Crippen molar-refractivity contribution < 1.29 is 4.74 Å². The van der Waals surface area contributed by atoms with E-state index in [2.05, 4.69) is 17.6 Å². The second-order valence-electron chi connectivity index (χ2n) is 4.44. The van der Waals surface area contributed by atoms with Crippen LogP contribution in [0.15, 0.2) is 24.3 Å². The first kappa shape index (κ1) is 12.7. The lowest BCUT2D eigenvalue weighted by Crippen LogP contribution is -2.28. The summed E-state index contributed by atoms with van der Waals surface area (Å²) in [5.74, 6) is 7.17. The van der Waals surface area contributed by atoms with Gasteiger partial charge in [-0.25, -0.2) is 0 Å². The number of hydrazine groups is 1. The molecule has 0 spiro atoms. The molecule has 94 valence electrons. The molecule has 0 aromatic heterocycles. The summed E-state index contributed by atoms with van der Waals surface area (Å²) in [4.78, 5) is 0. The Hall–Kier alpha value is -0.770. The molecule has 1 aliphatic carbocycles. The maximum Gasteiger partial charge on any atom is 0.119 e. The van der Waals surface area contributed by atoms with Crippen LogP contribution >= 0.6 is 11.6 Å². The molecule has 1 aliphatic rings. The third kappa shape index (κ3) is 3.87. The minimum Gasteiger partial charge on any atom is -0.490 e. The van der Waals surface area contributed by atoms with Crippen LogP contribution in [0.3, 0.4) is 0 Å². The van der Waals surface area contributed by atoms with Crippen molar-refractivity contribution in [3.8, 4) is 5.75 Å². The fourth-order valence-corrected chi connectivity index (χ4v) is 1.94. The van der Waals surface area contributed by atoms with Gasteiger partial charge in [0.2, 0.25) is 0 Å². The Kier molecular flexibility index (Phi) is 4.66. The largest absolute Gasteiger partial charge is 0.490 e. The molecule has 0 amide bonds. The normalized spacial score (nSPS) is 16.8. The summed E-state index contributed by atoms with van der Waals surface area (Å²) < 4.78 is 5.70. The molecule has 3 N–H and O–H groups in total. The molecule has 0 aliphatic heterocycles. The Morgan fingerprint density at radius 1 is 1.35 bits per heavy atom. The zero-order valence-corrected chi connectivity index (χ0v) is 10.6. The molecule has 1 aromatic rings. The molecule has 1 aromatic carbocycles. The maximum atomic E-state index is 5.70. The summed E-state index contributed by atoms with van der Waals surface area (Å²) >= 11 is 5.69. The van der Waals surface area contributed by atoms with Crippen LogP contribution in [0.1, 0.15) is 37.3 Å². The lowest BCUT2D eigenvalue weighted by molar-refractivity contribution is 0.303. The molecule has 1 fully saturated rings. The molecule has 1 atom stereocenters. The van der Waals surface area contributed by atoms with Gasteiger partial charge in [-0.3, -0.25) is 11.3 Å². The van der Waals surface area contributed by atoms with Gasteiger partial charge in [0.15, 0.2) is 0 Å². The van der Waals surface area contributed by atoms with Crippen molar-refractivity contribution in [1.29, 1.82) is 0 Å². The quantitative estimate of drug-likeness (QED) is 0.447. The highest BCUT2D eigenvalue weighted by Crippen LogP contribution is 2.28. The summed E-state index contributed by atoms with van der Waals surface area (Å²) in [5.41, 5.74) is 4.01. The third-order valence-corrected chi connectivity index (χ3v) is 3.20. The molecule has 1 saturated carbocycles. The van der Waals surface area contributed by atoms with Gasteiger partial charge >= 0.3 is 0 Å². The number of hydrogen-bond acceptors (Lipinski definition) is 3. The van der Waals surface area contributed by atoms with Crippen LogP contribution in [-0.4, -0.2) is 12.0 Å². The van der Waals surface area contributed by atoms with Crippen molar-refractivity contribution in [1.82, 2.24) is 5.43 Å². The number of rotatable bonds is 7. The number of nitrogens with two attached hydrogens (primary N) is 1. The van der Waals surface area contributed by atoms with Crippen molar-refractivity contribution in [2.45, 2.75) is 37.8 Å². The fraction of sp³-hybridized carbons (Fsp3) is 0.538. The fourth-order valence-electron chi connectivity index (χ4n) is 1.78. The van der Waals surface area contributed by atoms with E-state index in [9.17, 15) is 0 Å². The zero-order chi connectivity index (χ0) is 12.1.